The molecule has 0 unspecified atom stereocenters. The van der Waals surface area contributed by atoms with Crippen molar-refractivity contribution in [1.82, 2.24) is 4.90 Å². The zero-order valence-electron chi connectivity index (χ0n) is 14.0. The molecule has 1 aliphatic rings. The Kier molecular flexibility index (Phi) is 4.53. The van der Waals surface area contributed by atoms with E-state index in [1.165, 1.54) is 0 Å². The van der Waals surface area contributed by atoms with Gasteiger partial charge in [-0.15, -0.1) is 6.58 Å². The highest BCUT2D eigenvalue weighted by molar-refractivity contribution is 5.97. The number of amides is 1. The average Bonchev–Trinajstić information content (AvgIpc) is 2.53. The number of benzene rings is 1. The maximum atomic E-state index is 12.8. The van der Waals surface area contributed by atoms with Gasteiger partial charge < -0.3 is 14.1 Å². The second-order valence-electron chi connectivity index (χ2n) is 6.24. The fourth-order valence-electron chi connectivity index (χ4n) is 3.18. The van der Waals surface area contributed by atoms with E-state index in [2.05, 4.69) is 6.58 Å². The third kappa shape index (κ3) is 3.12. The molecule has 1 aromatic carbocycles. The van der Waals surface area contributed by atoms with Gasteiger partial charge in [0.05, 0.1) is 12.2 Å². The summed E-state index contributed by atoms with van der Waals surface area (Å²) in [6.45, 7) is 8.49. The van der Waals surface area contributed by atoms with E-state index in [4.69, 9.17) is 9.15 Å². The molecule has 0 N–H and O–H groups in total. The molecule has 0 spiro atoms. The Balaban J connectivity index is 2.00. The first-order chi connectivity index (χ1) is 11.5. The van der Waals surface area contributed by atoms with Crippen LogP contribution < -0.4 is 5.63 Å². The minimum Gasteiger partial charge on any atom is -0.422 e. The van der Waals surface area contributed by atoms with E-state index in [1.54, 1.807) is 17.0 Å². The molecule has 1 aromatic heterocycles. The van der Waals surface area contributed by atoms with Gasteiger partial charge >= 0.3 is 5.63 Å². The number of hydrogen-bond donors (Lipinski definition) is 0. The van der Waals surface area contributed by atoms with Crippen molar-refractivity contribution in [2.45, 2.75) is 32.5 Å². The zero-order chi connectivity index (χ0) is 17.3. The number of carbonyl (C=O) groups excluding carboxylic acids is 1. The molecule has 1 amide bonds. The van der Waals surface area contributed by atoms with Gasteiger partial charge in [-0.3, -0.25) is 4.79 Å². The van der Waals surface area contributed by atoms with Gasteiger partial charge in [-0.05, 0) is 31.9 Å². The van der Waals surface area contributed by atoms with Crippen LogP contribution in [-0.4, -0.2) is 36.1 Å². The summed E-state index contributed by atoms with van der Waals surface area (Å²) in [5, 5.41) is 0.742. The van der Waals surface area contributed by atoms with Crippen LogP contribution in [0.3, 0.4) is 0 Å². The minimum atomic E-state index is -0.601. The van der Waals surface area contributed by atoms with Crippen molar-refractivity contribution in [2.75, 3.05) is 13.1 Å². The zero-order valence-corrected chi connectivity index (χ0v) is 14.0. The van der Waals surface area contributed by atoms with Crippen molar-refractivity contribution in [1.29, 1.82) is 0 Å². The molecule has 5 heteroatoms. The maximum absolute atomic E-state index is 12.8. The van der Waals surface area contributed by atoms with Gasteiger partial charge in [0.1, 0.15) is 11.1 Å². The van der Waals surface area contributed by atoms with Crippen LogP contribution in [0.15, 0.2) is 46.1 Å². The number of ether oxygens (including phenoxy) is 1. The van der Waals surface area contributed by atoms with E-state index in [0.717, 1.165) is 10.9 Å². The van der Waals surface area contributed by atoms with Crippen molar-refractivity contribution >= 4 is 16.9 Å². The first-order valence-corrected chi connectivity index (χ1v) is 8.11. The highest BCUT2D eigenvalue weighted by atomic mass is 16.5. The summed E-state index contributed by atoms with van der Waals surface area (Å²) in [5.41, 5.74) is 0.866. The van der Waals surface area contributed by atoms with E-state index < -0.39 is 5.63 Å². The monoisotopic (exact) mass is 327 g/mol. The number of allylic oxidation sites excluding steroid dienone is 1. The molecule has 0 saturated carbocycles. The molecule has 24 heavy (non-hydrogen) atoms. The molecule has 1 fully saturated rings. The lowest BCUT2D eigenvalue weighted by Gasteiger charge is -2.35. The van der Waals surface area contributed by atoms with Crippen molar-refractivity contribution in [2.24, 2.45) is 0 Å². The van der Waals surface area contributed by atoms with Gasteiger partial charge in [-0.2, -0.15) is 0 Å². The number of nitrogens with zero attached hydrogens (tertiary/aromatic N) is 1. The van der Waals surface area contributed by atoms with Crippen LogP contribution in [0.2, 0.25) is 0 Å². The molecule has 3 rings (SSSR count). The largest absolute Gasteiger partial charge is 0.422 e. The quantitative estimate of drug-likeness (QED) is 0.642. The Morgan fingerprint density at radius 3 is 2.71 bits per heavy atom. The van der Waals surface area contributed by atoms with Crippen molar-refractivity contribution in [3.63, 3.8) is 0 Å². The van der Waals surface area contributed by atoms with Gasteiger partial charge in [0.25, 0.3) is 5.91 Å². The number of para-hydroxylation sites is 1. The van der Waals surface area contributed by atoms with E-state index in [-0.39, 0.29) is 23.7 Å². The van der Waals surface area contributed by atoms with Crippen LogP contribution in [0.25, 0.3) is 11.0 Å². The predicted molar refractivity (Wildman–Crippen MR) is 92.3 cm³/mol. The van der Waals surface area contributed by atoms with Crippen LogP contribution in [-0.2, 0) is 11.2 Å². The normalized spacial score (nSPS) is 21.0. The molecule has 126 valence electrons. The standard InChI is InChI=1S/C19H21NO4/c1-4-6-14-7-5-8-15-9-16(19(22)24-17(14)15)18(21)20-10-12(2)23-13(3)11-20/h4-5,7-9,12-13H,1,6,10-11H2,2-3H3/t12-,13-/m1/s1. The molecule has 0 radical (unpaired) electrons. The topological polar surface area (TPSA) is 59.8 Å². The number of fused-ring (bicyclic) bond motifs is 1. The van der Waals surface area contributed by atoms with Crippen molar-refractivity contribution < 1.29 is 13.9 Å². The summed E-state index contributed by atoms with van der Waals surface area (Å²) in [6, 6.07) is 7.24. The van der Waals surface area contributed by atoms with E-state index in [1.807, 2.05) is 32.0 Å². The molecule has 1 saturated heterocycles. The Morgan fingerprint density at radius 2 is 2.04 bits per heavy atom. The fraction of sp³-hybridized carbons (Fsp3) is 0.368. The summed E-state index contributed by atoms with van der Waals surface area (Å²) >= 11 is 0. The molecule has 2 atom stereocenters. The Bertz CT molecular complexity index is 829. The van der Waals surface area contributed by atoms with Crippen molar-refractivity contribution in [3.05, 3.63) is 58.5 Å². The molecule has 0 aliphatic carbocycles. The van der Waals surface area contributed by atoms with Crippen LogP contribution in [0.4, 0.5) is 0 Å². The number of morpholine rings is 1. The molecule has 0 bridgehead atoms. The van der Waals surface area contributed by atoms with E-state index in [0.29, 0.717) is 25.1 Å². The van der Waals surface area contributed by atoms with Crippen molar-refractivity contribution in [3.8, 4) is 0 Å². The van der Waals surface area contributed by atoms with Crippen LogP contribution >= 0.6 is 0 Å². The molecule has 2 heterocycles. The lowest BCUT2D eigenvalue weighted by molar-refractivity contribution is -0.0587. The summed E-state index contributed by atoms with van der Waals surface area (Å²) in [6.07, 6.45) is 2.25. The highest BCUT2D eigenvalue weighted by Gasteiger charge is 2.28. The fourth-order valence-corrected chi connectivity index (χ4v) is 3.18. The summed E-state index contributed by atoms with van der Waals surface area (Å²) < 4.78 is 11.1. The molecular formula is C19H21NO4. The van der Waals surface area contributed by atoms with E-state index >= 15 is 0 Å². The molecule has 5 nitrogen and oxygen atoms in total. The number of rotatable bonds is 3. The summed E-state index contributed by atoms with van der Waals surface area (Å²) in [7, 11) is 0. The van der Waals surface area contributed by atoms with Gasteiger partial charge in [-0.1, -0.05) is 24.3 Å². The van der Waals surface area contributed by atoms with Crippen LogP contribution in [0, 0.1) is 0 Å². The minimum absolute atomic E-state index is 0.0515. The second-order valence-corrected chi connectivity index (χ2v) is 6.24. The molecule has 1 aliphatic heterocycles. The van der Waals surface area contributed by atoms with Gasteiger partial charge in [-0.25, -0.2) is 4.79 Å². The number of carbonyl (C=O) groups is 1. The average molecular weight is 327 g/mol. The first-order valence-electron chi connectivity index (χ1n) is 8.11. The lowest BCUT2D eigenvalue weighted by Crippen LogP contribution is -2.49. The van der Waals surface area contributed by atoms with Gasteiger partial charge in [0.15, 0.2) is 0 Å². The molecule has 2 aromatic rings. The Hall–Kier alpha value is -2.40. The van der Waals surface area contributed by atoms with Gasteiger partial charge in [0, 0.05) is 18.5 Å². The lowest BCUT2D eigenvalue weighted by atomic mass is 10.1. The smallest absolute Gasteiger partial charge is 0.349 e. The third-order valence-electron chi connectivity index (χ3n) is 4.14. The van der Waals surface area contributed by atoms with Crippen LogP contribution in [0.5, 0.6) is 0 Å². The highest BCUT2D eigenvalue weighted by Crippen LogP contribution is 2.20. The Morgan fingerprint density at radius 1 is 1.33 bits per heavy atom. The second kappa shape index (κ2) is 6.61. The third-order valence-corrected chi connectivity index (χ3v) is 4.14. The first kappa shape index (κ1) is 16.5. The summed E-state index contributed by atoms with van der Waals surface area (Å²) in [4.78, 5) is 26.8. The number of hydrogen-bond acceptors (Lipinski definition) is 4. The Labute approximate surface area is 140 Å². The van der Waals surface area contributed by atoms with E-state index in [9.17, 15) is 9.59 Å². The summed E-state index contributed by atoms with van der Waals surface area (Å²) in [5.74, 6) is -0.304. The predicted octanol–water partition coefficient (Wildman–Crippen LogP) is 2.77. The van der Waals surface area contributed by atoms with Crippen LogP contribution in [0.1, 0.15) is 29.8 Å². The maximum Gasteiger partial charge on any atom is 0.349 e. The molecular weight excluding hydrogens is 306 g/mol. The SMILES string of the molecule is C=CCc1cccc2cc(C(=O)N3C[C@@H](C)O[C@H](C)C3)c(=O)oc12. The van der Waals surface area contributed by atoms with Gasteiger partial charge in [0.2, 0.25) is 0 Å².